The third-order valence-electron chi connectivity index (χ3n) is 4.78. The second-order valence-electron chi connectivity index (χ2n) is 7.38. The van der Waals surface area contributed by atoms with Gasteiger partial charge in [-0.1, -0.05) is 35.9 Å². The molecule has 1 aliphatic heterocycles. The molecule has 0 atom stereocenters. The number of hydrogen-bond donors (Lipinski definition) is 0. The maximum Gasteiger partial charge on any atom is 0.266 e. The highest BCUT2D eigenvalue weighted by Crippen LogP contribution is 2.21. The van der Waals surface area contributed by atoms with Crippen molar-refractivity contribution in [3.63, 3.8) is 0 Å². The van der Waals surface area contributed by atoms with Crippen molar-refractivity contribution in [3.8, 4) is 5.75 Å². The van der Waals surface area contributed by atoms with Crippen LogP contribution in [0.15, 0.2) is 54.6 Å². The number of carbonyl (C=O) groups excluding carboxylic acids is 2. The van der Waals surface area contributed by atoms with Gasteiger partial charge in [0.2, 0.25) is 0 Å². The Hall–Kier alpha value is -2.82. The Bertz CT molecular complexity index is 792. The lowest BCUT2D eigenvalue weighted by Gasteiger charge is -2.38. The first-order valence-electron chi connectivity index (χ1n) is 9.26. The van der Waals surface area contributed by atoms with Gasteiger partial charge in [0.25, 0.3) is 11.8 Å². The van der Waals surface area contributed by atoms with Crippen molar-refractivity contribution in [1.82, 2.24) is 9.80 Å². The summed E-state index contributed by atoms with van der Waals surface area (Å²) in [7, 11) is 0. The highest BCUT2D eigenvalue weighted by atomic mass is 16.5. The van der Waals surface area contributed by atoms with Crippen molar-refractivity contribution in [2.45, 2.75) is 26.4 Å². The van der Waals surface area contributed by atoms with Crippen LogP contribution >= 0.6 is 0 Å². The zero-order valence-electron chi connectivity index (χ0n) is 16.1. The quantitative estimate of drug-likeness (QED) is 0.835. The van der Waals surface area contributed by atoms with E-state index in [9.17, 15) is 9.59 Å². The summed E-state index contributed by atoms with van der Waals surface area (Å²) in [6.07, 6.45) is 0. The summed E-state index contributed by atoms with van der Waals surface area (Å²) in [5.41, 5.74) is 0.862. The van der Waals surface area contributed by atoms with Gasteiger partial charge in [0, 0.05) is 31.7 Å². The molecular weight excluding hydrogens is 340 g/mol. The second kappa shape index (κ2) is 7.82. The van der Waals surface area contributed by atoms with Crippen molar-refractivity contribution in [3.05, 3.63) is 65.7 Å². The summed E-state index contributed by atoms with van der Waals surface area (Å²) in [5.74, 6) is 0.625. The van der Waals surface area contributed by atoms with Gasteiger partial charge in [-0.2, -0.15) is 0 Å². The Morgan fingerprint density at radius 1 is 0.852 bits per heavy atom. The lowest BCUT2D eigenvalue weighted by Crippen LogP contribution is -2.56. The molecule has 1 heterocycles. The first-order chi connectivity index (χ1) is 12.9. The molecule has 1 aliphatic rings. The summed E-state index contributed by atoms with van der Waals surface area (Å²) in [6.45, 7) is 7.64. The van der Waals surface area contributed by atoms with Gasteiger partial charge in [-0.25, -0.2) is 0 Å². The molecule has 0 saturated carbocycles. The molecule has 2 aromatic rings. The van der Waals surface area contributed by atoms with Crippen LogP contribution in [-0.2, 0) is 4.79 Å². The van der Waals surface area contributed by atoms with Crippen LogP contribution in [-0.4, -0.2) is 53.4 Å². The van der Waals surface area contributed by atoms with E-state index in [0.29, 0.717) is 37.5 Å². The molecule has 0 spiro atoms. The van der Waals surface area contributed by atoms with Crippen molar-refractivity contribution >= 4 is 11.8 Å². The number of benzene rings is 2. The first-order valence-corrected chi connectivity index (χ1v) is 9.26. The smallest absolute Gasteiger partial charge is 0.266 e. The molecule has 0 unspecified atom stereocenters. The second-order valence-corrected chi connectivity index (χ2v) is 7.38. The number of piperazine rings is 1. The average Bonchev–Trinajstić information content (AvgIpc) is 2.68. The van der Waals surface area contributed by atoms with E-state index in [1.165, 1.54) is 0 Å². The van der Waals surface area contributed by atoms with Crippen molar-refractivity contribution in [1.29, 1.82) is 0 Å². The lowest BCUT2D eigenvalue weighted by molar-refractivity contribution is -0.147. The zero-order chi connectivity index (χ0) is 19.4. The van der Waals surface area contributed by atoms with Crippen molar-refractivity contribution < 1.29 is 14.3 Å². The number of hydrogen-bond acceptors (Lipinski definition) is 3. The summed E-state index contributed by atoms with van der Waals surface area (Å²) in [4.78, 5) is 29.1. The third kappa shape index (κ3) is 4.48. The molecule has 3 rings (SSSR count). The Balaban J connectivity index is 1.58. The molecule has 0 bridgehead atoms. The summed E-state index contributed by atoms with van der Waals surface area (Å²) >= 11 is 0. The van der Waals surface area contributed by atoms with Gasteiger partial charge in [0.15, 0.2) is 5.60 Å². The molecule has 1 fully saturated rings. The molecule has 0 N–H and O–H groups in total. The average molecular weight is 366 g/mol. The molecule has 0 aromatic heterocycles. The van der Waals surface area contributed by atoms with Gasteiger partial charge in [-0.15, -0.1) is 0 Å². The Morgan fingerprint density at radius 2 is 1.41 bits per heavy atom. The van der Waals surface area contributed by atoms with Gasteiger partial charge < -0.3 is 14.5 Å². The fourth-order valence-corrected chi connectivity index (χ4v) is 3.20. The van der Waals surface area contributed by atoms with Crippen molar-refractivity contribution in [2.24, 2.45) is 0 Å². The Morgan fingerprint density at radius 3 is 2.00 bits per heavy atom. The van der Waals surface area contributed by atoms with Gasteiger partial charge >= 0.3 is 0 Å². The van der Waals surface area contributed by atoms with E-state index in [2.05, 4.69) is 0 Å². The van der Waals surface area contributed by atoms with Gasteiger partial charge in [-0.05, 0) is 45.0 Å². The van der Waals surface area contributed by atoms with Crippen LogP contribution in [0, 0.1) is 6.92 Å². The lowest BCUT2D eigenvalue weighted by atomic mass is 10.1. The minimum absolute atomic E-state index is 0.0156. The summed E-state index contributed by atoms with van der Waals surface area (Å²) in [6, 6.07) is 16.9. The summed E-state index contributed by atoms with van der Waals surface area (Å²) in [5, 5.41) is 0. The van der Waals surface area contributed by atoms with Crippen LogP contribution in [0.3, 0.4) is 0 Å². The molecule has 27 heavy (non-hydrogen) atoms. The number of aryl methyl sites for hydroxylation is 1. The Kier molecular flexibility index (Phi) is 5.49. The molecular formula is C22H26N2O3. The molecule has 2 aromatic carbocycles. The SMILES string of the molecule is Cc1ccc(C(=O)N2CCN(C(=O)C(C)(C)Oc3ccccc3)CC2)cc1. The van der Waals surface area contributed by atoms with E-state index >= 15 is 0 Å². The van der Waals surface area contributed by atoms with E-state index < -0.39 is 5.60 Å². The number of amides is 2. The maximum absolute atomic E-state index is 12.9. The molecule has 0 aliphatic carbocycles. The first kappa shape index (κ1) is 19.0. The standard InChI is InChI=1S/C22H26N2O3/c1-17-9-11-18(12-10-17)20(25)23-13-15-24(16-14-23)21(26)22(2,3)27-19-7-5-4-6-8-19/h4-12H,13-16H2,1-3H3. The van der Waals surface area contributed by atoms with Gasteiger partial charge in [-0.3, -0.25) is 9.59 Å². The van der Waals surface area contributed by atoms with Crippen LogP contribution in [0.5, 0.6) is 5.75 Å². The molecule has 2 amide bonds. The van der Waals surface area contributed by atoms with E-state index in [4.69, 9.17) is 4.74 Å². The molecule has 142 valence electrons. The molecule has 1 saturated heterocycles. The number of nitrogens with zero attached hydrogens (tertiary/aromatic N) is 2. The van der Waals surface area contributed by atoms with Crippen molar-refractivity contribution in [2.75, 3.05) is 26.2 Å². The zero-order valence-corrected chi connectivity index (χ0v) is 16.1. The van der Waals surface area contributed by atoms with E-state index in [-0.39, 0.29) is 11.8 Å². The van der Waals surface area contributed by atoms with Crippen LogP contribution < -0.4 is 4.74 Å². The van der Waals surface area contributed by atoms with E-state index in [1.807, 2.05) is 61.5 Å². The minimum Gasteiger partial charge on any atom is -0.478 e. The van der Waals surface area contributed by atoms with Crippen LogP contribution in [0.25, 0.3) is 0 Å². The van der Waals surface area contributed by atoms with E-state index in [0.717, 1.165) is 5.56 Å². The highest BCUT2D eigenvalue weighted by molar-refractivity contribution is 5.94. The van der Waals surface area contributed by atoms with Crippen LogP contribution in [0.2, 0.25) is 0 Å². The number of para-hydroxylation sites is 1. The number of ether oxygens (including phenoxy) is 1. The summed E-state index contributed by atoms with van der Waals surface area (Å²) < 4.78 is 5.90. The highest BCUT2D eigenvalue weighted by Gasteiger charge is 2.36. The topological polar surface area (TPSA) is 49.9 Å². The van der Waals surface area contributed by atoms with Crippen LogP contribution in [0.4, 0.5) is 0 Å². The fraction of sp³-hybridized carbons (Fsp3) is 0.364. The number of rotatable bonds is 4. The van der Waals surface area contributed by atoms with Gasteiger partial charge in [0.1, 0.15) is 5.75 Å². The maximum atomic E-state index is 12.9. The predicted octanol–water partition coefficient (Wildman–Crippen LogP) is 3.14. The monoisotopic (exact) mass is 366 g/mol. The fourth-order valence-electron chi connectivity index (χ4n) is 3.20. The minimum atomic E-state index is -0.954. The predicted molar refractivity (Wildman–Crippen MR) is 105 cm³/mol. The Labute approximate surface area is 160 Å². The third-order valence-corrected chi connectivity index (χ3v) is 4.78. The number of carbonyl (C=O) groups is 2. The van der Waals surface area contributed by atoms with E-state index in [1.54, 1.807) is 23.6 Å². The van der Waals surface area contributed by atoms with Crippen LogP contribution in [0.1, 0.15) is 29.8 Å². The van der Waals surface area contributed by atoms with Gasteiger partial charge in [0.05, 0.1) is 0 Å². The molecule has 5 nitrogen and oxygen atoms in total. The largest absolute Gasteiger partial charge is 0.478 e. The molecule has 5 heteroatoms. The molecule has 0 radical (unpaired) electrons. The normalized spacial score (nSPS) is 14.8.